The number of hydrogen-bond donors (Lipinski definition) is 2. The first kappa shape index (κ1) is 10.5. The van der Waals surface area contributed by atoms with E-state index < -0.39 is 11.4 Å². The molecule has 0 bridgehead atoms. The van der Waals surface area contributed by atoms with Gasteiger partial charge >= 0.3 is 5.97 Å². The number of carbonyl (C=O) groups excluding carboxylic acids is 1. The zero-order valence-electron chi connectivity index (χ0n) is 8.79. The molecule has 15 heavy (non-hydrogen) atoms. The van der Waals surface area contributed by atoms with Gasteiger partial charge in [0.1, 0.15) is 5.41 Å². The van der Waals surface area contributed by atoms with Crippen LogP contribution in [0.4, 0.5) is 0 Å². The third-order valence-corrected chi connectivity index (χ3v) is 3.83. The molecule has 4 nitrogen and oxygen atoms in total. The Hall–Kier alpha value is -1.06. The number of aliphatic carboxylic acids is 1. The summed E-state index contributed by atoms with van der Waals surface area (Å²) in [5.74, 6) is -0.645. The molecule has 0 radical (unpaired) electrons. The molecule has 2 saturated carbocycles. The average molecular weight is 211 g/mol. The standard InChI is InChI=1S/C11H17NO3/c13-9(12-7-8-3-1-4-8)11(10(14)15)5-2-6-11/h8H,1-7H2,(H,12,13)(H,14,15). The molecule has 0 aromatic carbocycles. The van der Waals surface area contributed by atoms with E-state index in [9.17, 15) is 9.59 Å². The molecule has 1 amide bonds. The first-order chi connectivity index (χ1) is 7.15. The summed E-state index contributed by atoms with van der Waals surface area (Å²) in [5, 5.41) is 11.8. The van der Waals surface area contributed by atoms with Crippen LogP contribution < -0.4 is 5.32 Å². The van der Waals surface area contributed by atoms with Crippen LogP contribution in [0.1, 0.15) is 38.5 Å². The van der Waals surface area contributed by atoms with Crippen molar-refractivity contribution in [1.29, 1.82) is 0 Å². The van der Waals surface area contributed by atoms with Gasteiger partial charge in [0.15, 0.2) is 0 Å². The predicted octanol–water partition coefficient (Wildman–Crippen LogP) is 1.16. The minimum Gasteiger partial charge on any atom is -0.480 e. The first-order valence-corrected chi connectivity index (χ1v) is 5.67. The topological polar surface area (TPSA) is 66.4 Å². The average Bonchev–Trinajstić information content (AvgIpc) is 1.97. The Balaban J connectivity index is 1.85. The second-order valence-corrected chi connectivity index (χ2v) is 4.75. The lowest BCUT2D eigenvalue weighted by molar-refractivity contribution is -0.162. The summed E-state index contributed by atoms with van der Waals surface area (Å²) >= 11 is 0. The van der Waals surface area contributed by atoms with Crippen LogP contribution in [0, 0.1) is 11.3 Å². The number of nitrogens with one attached hydrogen (secondary N) is 1. The zero-order chi connectivity index (χ0) is 10.9. The van der Waals surface area contributed by atoms with Gasteiger partial charge in [-0.1, -0.05) is 12.8 Å². The molecule has 0 aromatic heterocycles. The molecule has 2 N–H and O–H groups in total. The number of hydrogen-bond acceptors (Lipinski definition) is 2. The van der Waals surface area contributed by atoms with Crippen molar-refractivity contribution in [1.82, 2.24) is 5.32 Å². The summed E-state index contributed by atoms with van der Waals surface area (Å²) in [4.78, 5) is 22.8. The monoisotopic (exact) mass is 211 g/mol. The van der Waals surface area contributed by atoms with E-state index in [2.05, 4.69) is 5.32 Å². The van der Waals surface area contributed by atoms with Crippen LogP contribution in [0.2, 0.25) is 0 Å². The summed E-state index contributed by atoms with van der Waals surface area (Å²) in [6.45, 7) is 0.661. The third-order valence-electron chi connectivity index (χ3n) is 3.83. The van der Waals surface area contributed by atoms with Crippen LogP contribution in [-0.2, 0) is 9.59 Å². The highest BCUT2D eigenvalue weighted by atomic mass is 16.4. The summed E-state index contributed by atoms with van der Waals surface area (Å²) < 4.78 is 0. The van der Waals surface area contributed by atoms with Crippen LogP contribution in [0.25, 0.3) is 0 Å². The Bertz CT molecular complexity index is 280. The highest BCUT2D eigenvalue weighted by Crippen LogP contribution is 2.41. The van der Waals surface area contributed by atoms with E-state index in [1.54, 1.807) is 0 Å². The van der Waals surface area contributed by atoms with Crippen molar-refractivity contribution in [2.45, 2.75) is 38.5 Å². The fraction of sp³-hybridized carbons (Fsp3) is 0.818. The quantitative estimate of drug-likeness (QED) is 0.686. The molecule has 2 aliphatic carbocycles. The van der Waals surface area contributed by atoms with Crippen molar-refractivity contribution in [2.24, 2.45) is 11.3 Å². The highest BCUT2D eigenvalue weighted by Gasteiger charge is 2.51. The lowest BCUT2D eigenvalue weighted by Gasteiger charge is -2.36. The van der Waals surface area contributed by atoms with E-state index in [0.717, 1.165) is 6.42 Å². The normalized spacial score (nSPS) is 23.7. The summed E-state index contributed by atoms with van der Waals surface area (Å²) in [6, 6.07) is 0. The van der Waals surface area contributed by atoms with Crippen molar-refractivity contribution >= 4 is 11.9 Å². The Morgan fingerprint density at radius 2 is 1.93 bits per heavy atom. The molecule has 0 unspecified atom stereocenters. The molecule has 2 fully saturated rings. The molecule has 0 heterocycles. The van der Waals surface area contributed by atoms with E-state index in [1.807, 2.05) is 0 Å². The number of carbonyl (C=O) groups is 2. The minimum atomic E-state index is -1.09. The molecule has 84 valence electrons. The van der Waals surface area contributed by atoms with E-state index in [0.29, 0.717) is 25.3 Å². The number of carboxylic acid groups (broad SMARTS) is 1. The van der Waals surface area contributed by atoms with Gasteiger partial charge in [-0.2, -0.15) is 0 Å². The molecule has 0 spiro atoms. The molecule has 2 aliphatic rings. The molecule has 4 heteroatoms. The molecule has 0 atom stereocenters. The summed E-state index contributed by atoms with van der Waals surface area (Å²) in [6.07, 6.45) is 5.42. The minimum absolute atomic E-state index is 0.270. The van der Waals surface area contributed by atoms with Gasteiger partial charge in [-0.25, -0.2) is 0 Å². The van der Waals surface area contributed by atoms with Gasteiger partial charge < -0.3 is 10.4 Å². The maximum absolute atomic E-state index is 11.7. The fourth-order valence-electron chi connectivity index (χ4n) is 2.17. The Kier molecular flexibility index (Phi) is 2.67. The van der Waals surface area contributed by atoms with E-state index in [4.69, 9.17) is 5.11 Å². The molecule has 0 aliphatic heterocycles. The van der Waals surface area contributed by atoms with Gasteiger partial charge in [-0.3, -0.25) is 9.59 Å². The maximum Gasteiger partial charge on any atom is 0.319 e. The van der Waals surface area contributed by atoms with Gasteiger partial charge in [-0.05, 0) is 31.6 Å². The molecule has 0 aromatic rings. The van der Waals surface area contributed by atoms with Crippen molar-refractivity contribution in [3.05, 3.63) is 0 Å². The van der Waals surface area contributed by atoms with Crippen LogP contribution in [0.3, 0.4) is 0 Å². The van der Waals surface area contributed by atoms with Gasteiger partial charge in [-0.15, -0.1) is 0 Å². The largest absolute Gasteiger partial charge is 0.480 e. The smallest absolute Gasteiger partial charge is 0.319 e. The second kappa shape index (κ2) is 3.83. The summed E-state index contributed by atoms with van der Waals surface area (Å²) in [7, 11) is 0. The third kappa shape index (κ3) is 1.73. The van der Waals surface area contributed by atoms with Crippen LogP contribution in [0.5, 0.6) is 0 Å². The van der Waals surface area contributed by atoms with E-state index in [1.165, 1.54) is 19.3 Å². The predicted molar refractivity (Wildman–Crippen MR) is 54.3 cm³/mol. The fourth-order valence-corrected chi connectivity index (χ4v) is 2.17. The lowest BCUT2D eigenvalue weighted by atomic mass is 9.68. The Morgan fingerprint density at radius 1 is 1.27 bits per heavy atom. The summed E-state index contributed by atoms with van der Waals surface area (Å²) in [5.41, 5.74) is -1.09. The Labute approximate surface area is 89.0 Å². The van der Waals surface area contributed by atoms with Gasteiger partial charge in [0.2, 0.25) is 5.91 Å². The molecular formula is C11H17NO3. The molecular weight excluding hydrogens is 194 g/mol. The molecule has 0 saturated heterocycles. The van der Waals surface area contributed by atoms with Gasteiger partial charge in [0.25, 0.3) is 0 Å². The lowest BCUT2D eigenvalue weighted by Crippen LogP contribution is -2.52. The van der Waals surface area contributed by atoms with E-state index >= 15 is 0 Å². The number of amides is 1. The molecule has 2 rings (SSSR count). The van der Waals surface area contributed by atoms with Crippen LogP contribution >= 0.6 is 0 Å². The van der Waals surface area contributed by atoms with E-state index in [-0.39, 0.29) is 5.91 Å². The van der Waals surface area contributed by atoms with Crippen molar-refractivity contribution in [3.63, 3.8) is 0 Å². The number of carboxylic acids is 1. The van der Waals surface area contributed by atoms with Gasteiger partial charge in [0, 0.05) is 6.54 Å². The van der Waals surface area contributed by atoms with Crippen molar-refractivity contribution in [2.75, 3.05) is 6.54 Å². The maximum atomic E-state index is 11.7. The van der Waals surface area contributed by atoms with Crippen molar-refractivity contribution < 1.29 is 14.7 Å². The van der Waals surface area contributed by atoms with Crippen LogP contribution in [0.15, 0.2) is 0 Å². The zero-order valence-corrected chi connectivity index (χ0v) is 8.79. The first-order valence-electron chi connectivity index (χ1n) is 5.67. The Morgan fingerprint density at radius 3 is 2.27 bits per heavy atom. The SMILES string of the molecule is O=C(O)C1(C(=O)NCC2CCC2)CCC1. The second-order valence-electron chi connectivity index (χ2n) is 4.75. The van der Waals surface area contributed by atoms with Gasteiger partial charge in [0.05, 0.1) is 0 Å². The van der Waals surface area contributed by atoms with Crippen molar-refractivity contribution in [3.8, 4) is 0 Å². The van der Waals surface area contributed by atoms with Crippen LogP contribution in [-0.4, -0.2) is 23.5 Å². The number of rotatable bonds is 4. The highest BCUT2D eigenvalue weighted by molar-refractivity contribution is 6.02.